The Morgan fingerprint density at radius 1 is 1.14 bits per heavy atom. The molecule has 0 saturated heterocycles. The van der Waals surface area contributed by atoms with Crippen molar-refractivity contribution in [3.8, 4) is 23.0 Å². The molecule has 0 radical (unpaired) electrons. The van der Waals surface area contributed by atoms with Crippen LogP contribution in [0, 0.1) is 6.92 Å². The van der Waals surface area contributed by atoms with Crippen LogP contribution in [0.2, 0.25) is 0 Å². The first kappa shape index (κ1) is 12.9. The van der Waals surface area contributed by atoms with Gasteiger partial charge in [-0.2, -0.15) is 5.10 Å². The predicted octanol–water partition coefficient (Wildman–Crippen LogP) is 2.95. The Morgan fingerprint density at radius 3 is 2.82 bits per heavy atom. The van der Waals surface area contributed by atoms with E-state index in [1.807, 2.05) is 31.2 Å². The molecule has 3 aromatic rings. The van der Waals surface area contributed by atoms with Crippen LogP contribution in [0.3, 0.4) is 0 Å². The molecule has 6 heteroatoms. The van der Waals surface area contributed by atoms with Gasteiger partial charge >= 0.3 is 0 Å². The number of benzene rings is 1. The second kappa shape index (κ2) is 4.91. The molecule has 1 aliphatic carbocycles. The smallest absolute Gasteiger partial charge is 0.269 e. The molecule has 1 N–H and O–H groups in total. The lowest BCUT2D eigenvalue weighted by Gasteiger charge is -2.08. The number of nitrogens with zero attached hydrogens (tertiary/aromatic N) is 3. The fourth-order valence-electron chi connectivity index (χ4n) is 2.81. The number of Topliss-reactive ketones (excluding diaryl/α,β-unsaturated/α-hetero) is 1. The zero-order valence-corrected chi connectivity index (χ0v) is 12.1. The Morgan fingerprint density at radius 2 is 1.95 bits per heavy atom. The maximum atomic E-state index is 12.1. The number of ketones is 1. The highest BCUT2D eigenvalue weighted by Gasteiger charge is 2.27. The maximum absolute atomic E-state index is 12.1. The largest absolute Gasteiger partial charge is 0.415 e. The average Bonchev–Trinajstić information content (AvgIpc) is 3.14. The Balaban J connectivity index is 1.79. The van der Waals surface area contributed by atoms with Crippen LogP contribution in [-0.2, 0) is 6.42 Å². The monoisotopic (exact) mass is 294 g/mol. The Bertz CT molecular complexity index is 863. The highest BCUT2D eigenvalue weighted by Crippen LogP contribution is 2.31. The minimum Gasteiger partial charge on any atom is -0.415 e. The number of hydrogen-bond acceptors (Lipinski definition) is 5. The first-order chi connectivity index (χ1) is 10.7. The number of aryl methyl sites for hydroxylation is 2. The van der Waals surface area contributed by atoms with Crippen molar-refractivity contribution >= 4 is 5.78 Å². The summed E-state index contributed by atoms with van der Waals surface area (Å²) in [4.78, 5) is 12.1. The third kappa shape index (κ3) is 1.95. The number of rotatable bonds is 2. The van der Waals surface area contributed by atoms with Gasteiger partial charge in [0.15, 0.2) is 11.5 Å². The Kier molecular flexibility index (Phi) is 2.89. The van der Waals surface area contributed by atoms with Gasteiger partial charge < -0.3 is 4.42 Å². The zero-order chi connectivity index (χ0) is 15.1. The summed E-state index contributed by atoms with van der Waals surface area (Å²) in [6.45, 7) is 1.99. The highest BCUT2D eigenvalue weighted by atomic mass is 16.4. The molecule has 6 nitrogen and oxygen atoms in total. The van der Waals surface area contributed by atoms with E-state index >= 15 is 0 Å². The van der Waals surface area contributed by atoms with Crippen molar-refractivity contribution in [1.29, 1.82) is 0 Å². The predicted molar refractivity (Wildman–Crippen MR) is 79.3 cm³/mol. The Hall–Kier alpha value is -2.76. The highest BCUT2D eigenvalue weighted by molar-refractivity contribution is 6.02. The third-order valence-electron chi connectivity index (χ3n) is 3.95. The quantitative estimate of drug-likeness (QED) is 0.785. The molecule has 2 heterocycles. The summed E-state index contributed by atoms with van der Waals surface area (Å²) in [6, 6.07) is 7.79. The van der Waals surface area contributed by atoms with Gasteiger partial charge in [-0.25, -0.2) is 0 Å². The molecule has 110 valence electrons. The topological polar surface area (TPSA) is 84.7 Å². The first-order valence-corrected chi connectivity index (χ1v) is 7.24. The summed E-state index contributed by atoms with van der Waals surface area (Å²) in [7, 11) is 0. The average molecular weight is 294 g/mol. The first-order valence-electron chi connectivity index (χ1n) is 7.24. The van der Waals surface area contributed by atoms with Crippen LogP contribution in [0.1, 0.15) is 34.5 Å². The molecule has 0 saturated carbocycles. The van der Waals surface area contributed by atoms with Gasteiger partial charge in [0, 0.05) is 17.7 Å². The van der Waals surface area contributed by atoms with Crippen LogP contribution in [-0.4, -0.2) is 26.2 Å². The minimum absolute atomic E-state index is 0.0839. The number of hydrogen-bond donors (Lipinski definition) is 1. The number of nitrogens with one attached hydrogen (secondary N) is 1. The van der Waals surface area contributed by atoms with Crippen molar-refractivity contribution in [3.05, 3.63) is 41.1 Å². The molecule has 0 unspecified atom stereocenters. The number of H-pyrrole nitrogens is 1. The van der Waals surface area contributed by atoms with Crippen molar-refractivity contribution in [2.75, 3.05) is 0 Å². The van der Waals surface area contributed by atoms with Crippen molar-refractivity contribution in [1.82, 2.24) is 20.4 Å². The lowest BCUT2D eigenvalue weighted by atomic mass is 9.94. The molecular formula is C16H14N4O2. The molecule has 4 rings (SSSR count). The number of aromatic nitrogens is 4. The molecular weight excluding hydrogens is 280 g/mol. The van der Waals surface area contributed by atoms with E-state index in [1.54, 1.807) is 0 Å². The lowest BCUT2D eigenvalue weighted by Crippen LogP contribution is -2.10. The molecule has 0 spiro atoms. The summed E-state index contributed by atoms with van der Waals surface area (Å²) in [5.74, 6) is 0.805. The van der Waals surface area contributed by atoms with E-state index in [0.29, 0.717) is 23.6 Å². The van der Waals surface area contributed by atoms with E-state index in [-0.39, 0.29) is 11.7 Å². The van der Waals surface area contributed by atoms with Gasteiger partial charge in [-0.3, -0.25) is 9.89 Å². The second-order valence-electron chi connectivity index (χ2n) is 5.43. The van der Waals surface area contributed by atoms with Gasteiger partial charge in [0.05, 0.1) is 5.56 Å². The van der Waals surface area contributed by atoms with Gasteiger partial charge in [-0.1, -0.05) is 18.2 Å². The van der Waals surface area contributed by atoms with Crippen molar-refractivity contribution < 1.29 is 9.21 Å². The van der Waals surface area contributed by atoms with Gasteiger partial charge in [-0.05, 0) is 31.4 Å². The summed E-state index contributed by atoms with van der Waals surface area (Å²) in [6.07, 6.45) is 2.22. The van der Waals surface area contributed by atoms with Crippen LogP contribution >= 0.6 is 0 Å². The number of carbonyl (C=O) groups is 1. The molecule has 22 heavy (non-hydrogen) atoms. The van der Waals surface area contributed by atoms with Crippen molar-refractivity contribution in [3.63, 3.8) is 0 Å². The van der Waals surface area contributed by atoms with E-state index < -0.39 is 0 Å². The lowest BCUT2D eigenvalue weighted by molar-refractivity contribution is 0.0973. The number of carbonyl (C=O) groups excluding carboxylic acids is 1. The van der Waals surface area contributed by atoms with E-state index in [2.05, 4.69) is 20.4 Å². The van der Waals surface area contributed by atoms with Crippen LogP contribution in [0.25, 0.3) is 23.0 Å². The molecule has 1 aromatic carbocycles. The summed E-state index contributed by atoms with van der Waals surface area (Å²) in [5, 5.41) is 15.3. The van der Waals surface area contributed by atoms with Crippen molar-refractivity contribution in [2.24, 2.45) is 0 Å². The van der Waals surface area contributed by atoms with Gasteiger partial charge in [0.25, 0.3) is 5.89 Å². The van der Waals surface area contributed by atoms with Crippen LogP contribution in [0.5, 0.6) is 0 Å². The van der Waals surface area contributed by atoms with Crippen LogP contribution < -0.4 is 0 Å². The fourth-order valence-corrected chi connectivity index (χ4v) is 2.81. The van der Waals surface area contributed by atoms with Crippen LogP contribution in [0.4, 0.5) is 0 Å². The van der Waals surface area contributed by atoms with E-state index in [1.165, 1.54) is 0 Å². The maximum Gasteiger partial charge on any atom is 0.269 e. The molecule has 2 aromatic heterocycles. The van der Waals surface area contributed by atoms with E-state index in [0.717, 1.165) is 29.7 Å². The molecule has 0 fully saturated rings. The van der Waals surface area contributed by atoms with E-state index in [9.17, 15) is 4.79 Å². The second-order valence-corrected chi connectivity index (χ2v) is 5.43. The van der Waals surface area contributed by atoms with Gasteiger partial charge in [0.2, 0.25) is 5.89 Å². The molecule has 0 bridgehead atoms. The number of fused-ring (bicyclic) bond motifs is 1. The summed E-state index contributed by atoms with van der Waals surface area (Å²) in [5.41, 5.74) is 3.87. The molecule has 0 aliphatic heterocycles. The minimum atomic E-state index is 0.0839. The standard InChI is InChI=1S/C16H14N4O2/c1-9-5-2-3-6-10(9)15-19-20-16(22-15)14-13-11(17-18-14)7-4-8-12(13)21/h2-3,5-6H,4,7-8H2,1H3,(H,17,18). The third-order valence-corrected chi connectivity index (χ3v) is 3.95. The normalized spacial score (nSPS) is 14.1. The fraction of sp³-hybridized carbons (Fsp3) is 0.250. The summed E-state index contributed by atoms with van der Waals surface area (Å²) >= 11 is 0. The summed E-state index contributed by atoms with van der Waals surface area (Å²) < 4.78 is 5.75. The number of aromatic amines is 1. The van der Waals surface area contributed by atoms with E-state index in [4.69, 9.17) is 4.42 Å². The molecule has 0 atom stereocenters. The van der Waals surface area contributed by atoms with Gasteiger partial charge in [0.1, 0.15) is 0 Å². The SMILES string of the molecule is Cc1ccccc1-c1nnc(-c2n[nH]c3c2C(=O)CCC3)o1. The zero-order valence-electron chi connectivity index (χ0n) is 12.1. The van der Waals surface area contributed by atoms with Crippen molar-refractivity contribution in [2.45, 2.75) is 26.2 Å². The molecule has 1 aliphatic rings. The molecule has 0 amide bonds. The Labute approximate surface area is 126 Å². The van der Waals surface area contributed by atoms with Gasteiger partial charge in [-0.15, -0.1) is 10.2 Å². The van der Waals surface area contributed by atoms with Crippen LogP contribution in [0.15, 0.2) is 28.7 Å².